The zero-order valence-corrected chi connectivity index (χ0v) is 16.2. The number of benzene rings is 2. The average Bonchev–Trinajstić information content (AvgIpc) is 3.17. The lowest BCUT2D eigenvalue weighted by Gasteiger charge is -2.18. The largest absolute Gasteiger partial charge is 0.484 e. The summed E-state index contributed by atoms with van der Waals surface area (Å²) < 4.78 is 6.54. The fraction of sp³-hybridized carbons (Fsp3) is 0.300. The van der Waals surface area contributed by atoms with Gasteiger partial charge < -0.3 is 15.0 Å². The first-order valence-corrected chi connectivity index (χ1v) is 9.41. The number of hydrogen-bond donors (Lipinski definition) is 1. The van der Waals surface area contributed by atoms with E-state index in [1.807, 2.05) is 24.0 Å². The van der Waals surface area contributed by atoms with Crippen molar-refractivity contribution >= 4 is 33.4 Å². The molecule has 0 radical (unpaired) electrons. The van der Waals surface area contributed by atoms with Crippen LogP contribution in [0, 0.1) is 6.92 Å². The molecule has 26 heavy (non-hydrogen) atoms. The van der Waals surface area contributed by atoms with Crippen molar-refractivity contribution in [2.75, 3.05) is 25.0 Å². The minimum Gasteiger partial charge on any atom is -0.484 e. The van der Waals surface area contributed by atoms with Crippen molar-refractivity contribution in [1.82, 2.24) is 4.90 Å². The number of anilines is 1. The first-order chi connectivity index (χ1) is 12.5. The molecule has 1 aliphatic heterocycles. The van der Waals surface area contributed by atoms with Crippen LogP contribution in [0.15, 0.2) is 46.9 Å². The van der Waals surface area contributed by atoms with Gasteiger partial charge in [-0.3, -0.25) is 9.59 Å². The van der Waals surface area contributed by atoms with Crippen LogP contribution in [0.2, 0.25) is 0 Å². The first kappa shape index (κ1) is 18.5. The Bertz CT molecular complexity index is 816. The summed E-state index contributed by atoms with van der Waals surface area (Å²) in [6.07, 6.45) is 2.06. The number of nitrogens with zero attached hydrogens (tertiary/aromatic N) is 1. The molecular weight excluding hydrogens is 396 g/mol. The quantitative estimate of drug-likeness (QED) is 0.800. The van der Waals surface area contributed by atoms with Gasteiger partial charge in [0.1, 0.15) is 5.75 Å². The van der Waals surface area contributed by atoms with Gasteiger partial charge in [0.2, 0.25) is 0 Å². The molecule has 5 nitrogen and oxygen atoms in total. The van der Waals surface area contributed by atoms with Crippen molar-refractivity contribution in [2.45, 2.75) is 19.8 Å². The molecule has 1 fully saturated rings. The standard InChI is InChI=1S/C20H21BrN2O3/c1-14-12-15(8-9-17(14)21)26-13-19(24)22-18-7-3-2-6-16(18)20(25)23-10-4-5-11-23/h2-3,6-9,12H,4-5,10-11,13H2,1H3,(H,22,24). The summed E-state index contributed by atoms with van der Waals surface area (Å²) in [5, 5.41) is 2.79. The molecule has 1 heterocycles. The van der Waals surface area contributed by atoms with Gasteiger partial charge in [-0.15, -0.1) is 0 Å². The van der Waals surface area contributed by atoms with Gasteiger partial charge in [0.05, 0.1) is 11.3 Å². The Balaban J connectivity index is 1.63. The van der Waals surface area contributed by atoms with Crippen molar-refractivity contribution in [3.05, 3.63) is 58.1 Å². The Morgan fingerprint density at radius 2 is 1.88 bits per heavy atom. The van der Waals surface area contributed by atoms with E-state index >= 15 is 0 Å². The zero-order valence-electron chi connectivity index (χ0n) is 14.6. The number of carbonyl (C=O) groups is 2. The summed E-state index contributed by atoms with van der Waals surface area (Å²) in [5.41, 5.74) is 2.07. The topological polar surface area (TPSA) is 58.6 Å². The third-order valence-corrected chi connectivity index (χ3v) is 5.21. The highest BCUT2D eigenvalue weighted by Gasteiger charge is 2.22. The number of nitrogens with one attached hydrogen (secondary N) is 1. The molecule has 0 aromatic heterocycles. The smallest absolute Gasteiger partial charge is 0.262 e. The van der Waals surface area contributed by atoms with Crippen LogP contribution >= 0.6 is 15.9 Å². The van der Waals surface area contributed by atoms with E-state index in [2.05, 4.69) is 21.2 Å². The molecule has 1 aliphatic rings. The lowest BCUT2D eigenvalue weighted by molar-refractivity contribution is -0.118. The maximum atomic E-state index is 12.6. The molecule has 0 unspecified atom stereocenters. The van der Waals surface area contributed by atoms with Crippen LogP contribution in [0.4, 0.5) is 5.69 Å². The molecule has 0 aliphatic carbocycles. The lowest BCUT2D eigenvalue weighted by atomic mass is 10.1. The zero-order chi connectivity index (χ0) is 18.5. The fourth-order valence-corrected chi connectivity index (χ4v) is 3.16. The van der Waals surface area contributed by atoms with E-state index in [-0.39, 0.29) is 18.4 Å². The Kier molecular flexibility index (Phi) is 5.93. The van der Waals surface area contributed by atoms with Crippen LogP contribution in [0.5, 0.6) is 5.75 Å². The van der Waals surface area contributed by atoms with E-state index in [9.17, 15) is 9.59 Å². The van der Waals surface area contributed by atoms with Crippen molar-refractivity contribution in [3.63, 3.8) is 0 Å². The van der Waals surface area contributed by atoms with E-state index in [0.717, 1.165) is 36.0 Å². The minimum atomic E-state index is -0.299. The third-order valence-electron chi connectivity index (χ3n) is 4.32. The average molecular weight is 417 g/mol. The first-order valence-electron chi connectivity index (χ1n) is 8.62. The molecule has 2 amide bonds. The molecule has 1 saturated heterocycles. The molecular formula is C20H21BrN2O3. The second-order valence-electron chi connectivity index (χ2n) is 6.29. The highest BCUT2D eigenvalue weighted by molar-refractivity contribution is 9.10. The van der Waals surface area contributed by atoms with Crippen LogP contribution in [-0.4, -0.2) is 36.4 Å². The van der Waals surface area contributed by atoms with E-state index in [0.29, 0.717) is 17.0 Å². The van der Waals surface area contributed by atoms with Crippen molar-refractivity contribution in [2.24, 2.45) is 0 Å². The second kappa shape index (κ2) is 8.36. The molecule has 0 spiro atoms. The van der Waals surface area contributed by atoms with Gasteiger partial charge in [-0.1, -0.05) is 28.1 Å². The van der Waals surface area contributed by atoms with Crippen molar-refractivity contribution in [3.8, 4) is 5.75 Å². The number of rotatable bonds is 5. The van der Waals surface area contributed by atoms with Crippen molar-refractivity contribution in [1.29, 1.82) is 0 Å². The molecule has 1 N–H and O–H groups in total. The third kappa shape index (κ3) is 4.43. The monoisotopic (exact) mass is 416 g/mol. The van der Waals surface area contributed by atoms with Crippen molar-refractivity contribution < 1.29 is 14.3 Å². The minimum absolute atomic E-state index is 0.0390. The number of likely N-dealkylation sites (tertiary alicyclic amines) is 1. The van der Waals surface area contributed by atoms with Gasteiger partial charge in [0.15, 0.2) is 6.61 Å². The predicted octanol–water partition coefficient (Wildman–Crippen LogP) is 4.01. The summed E-state index contributed by atoms with van der Waals surface area (Å²) in [6.45, 7) is 3.38. The molecule has 6 heteroatoms. The Morgan fingerprint density at radius 3 is 2.62 bits per heavy atom. The molecule has 0 atom stereocenters. The highest BCUT2D eigenvalue weighted by Crippen LogP contribution is 2.22. The Labute approximate surface area is 161 Å². The normalized spacial score (nSPS) is 13.5. The van der Waals surface area contributed by atoms with Crippen LogP contribution < -0.4 is 10.1 Å². The maximum Gasteiger partial charge on any atom is 0.262 e. The lowest BCUT2D eigenvalue weighted by Crippen LogP contribution is -2.29. The number of carbonyl (C=O) groups excluding carboxylic acids is 2. The summed E-state index contributed by atoms with van der Waals surface area (Å²) in [6, 6.07) is 12.6. The number of halogens is 1. The number of para-hydroxylation sites is 1. The molecule has 136 valence electrons. The van der Waals surface area contributed by atoms with Crippen LogP contribution in [0.25, 0.3) is 0 Å². The van der Waals surface area contributed by atoms with E-state index in [1.165, 1.54) is 0 Å². The van der Waals surface area contributed by atoms with Crippen LogP contribution in [-0.2, 0) is 4.79 Å². The maximum absolute atomic E-state index is 12.6. The van der Waals surface area contributed by atoms with Gasteiger partial charge in [0.25, 0.3) is 11.8 Å². The summed E-state index contributed by atoms with van der Waals surface area (Å²) in [7, 11) is 0. The van der Waals surface area contributed by atoms with Crippen LogP contribution in [0.3, 0.4) is 0 Å². The summed E-state index contributed by atoms with van der Waals surface area (Å²) >= 11 is 3.43. The number of amides is 2. The number of aryl methyl sites for hydroxylation is 1. The SMILES string of the molecule is Cc1cc(OCC(=O)Nc2ccccc2C(=O)N2CCCC2)ccc1Br. The molecule has 2 aromatic carbocycles. The number of ether oxygens (including phenoxy) is 1. The van der Waals surface area contributed by atoms with Gasteiger partial charge in [-0.05, 0) is 55.7 Å². The van der Waals surface area contributed by atoms with Gasteiger partial charge >= 0.3 is 0 Å². The Hall–Kier alpha value is -2.34. The Morgan fingerprint density at radius 1 is 1.15 bits per heavy atom. The van der Waals surface area contributed by atoms with Gasteiger partial charge in [-0.2, -0.15) is 0 Å². The molecule has 0 bridgehead atoms. The van der Waals surface area contributed by atoms with Gasteiger partial charge in [0, 0.05) is 17.6 Å². The predicted molar refractivity (Wildman–Crippen MR) is 105 cm³/mol. The highest BCUT2D eigenvalue weighted by atomic mass is 79.9. The van der Waals surface area contributed by atoms with Crippen LogP contribution in [0.1, 0.15) is 28.8 Å². The summed E-state index contributed by atoms with van der Waals surface area (Å²) in [4.78, 5) is 26.7. The fourth-order valence-electron chi connectivity index (χ4n) is 2.91. The molecule has 3 rings (SSSR count). The molecule has 0 saturated carbocycles. The summed E-state index contributed by atoms with van der Waals surface area (Å²) in [5.74, 6) is 0.289. The second-order valence-corrected chi connectivity index (χ2v) is 7.15. The van der Waals surface area contributed by atoms with E-state index in [4.69, 9.17) is 4.74 Å². The van der Waals surface area contributed by atoms with E-state index < -0.39 is 0 Å². The van der Waals surface area contributed by atoms with Gasteiger partial charge in [-0.25, -0.2) is 0 Å². The molecule has 2 aromatic rings. The van der Waals surface area contributed by atoms with E-state index in [1.54, 1.807) is 30.3 Å². The number of hydrogen-bond acceptors (Lipinski definition) is 3.